The number of hydrogen-bond donors (Lipinski definition) is 1. The average molecular weight is 662 g/mol. The number of alkyl halides is 3. The van der Waals surface area contributed by atoms with Gasteiger partial charge in [-0.3, -0.25) is 9.10 Å². The number of anilines is 1. The maximum absolute atomic E-state index is 13.5. The van der Waals surface area contributed by atoms with Crippen molar-refractivity contribution in [3.8, 4) is 5.75 Å². The first-order valence-electron chi connectivity index (χ1n) is 12.8. The van der Waals surface area contributed by atoms with Gasteiger partial charge in [-0.2, -0.15) is 17.5 Å². The van der Waals surface area contributed by atoms with Crippen LogP contribution in [-0.4, -0.2) is 73.0 Å². The van der Waals surface area contributed by atoms with Crippen LogP contribution >= 0.6 is 11.6 Å². The smallest absolute Gasteiger partial charge is 0.417 e. The van der Waals surface area contributed by atoms with Gasteiger partial charge in [0.2, 0.25) is 15.9 Å². The molecular weight excluding hydrogens is 635 g/mol. The number of nitrogens with zero attached hydrogens (tertiary/aromatic N) is 2. The molecule has 0 unspecified atom stereocenters. The molecular formula is C27H27ClF3N3O7S2. The van der Waals surface area contributed by atoms with E-state index in [2.05, 4.69) is 5.32 Å². The third-order valence-corrected chi connectivity index (χ3v) is 10.3. The number of morpholine rings is 1. The number of halogens is 4. The summed E-state index contributed by atoms with van der Waals surface area (Å²) < 4.78 is 105. The minimum absolute atomic E-state index is 0.0636. The lowest BCUT2D eigenvalue weighted by molar-refractivity contribution is -0.137. The Hall–Kier alpha value is -3.37. The van der Waals surface area contributed by atoms with Gasteiger partial charge in [-0.1, -0.05) is 29.8 Å². The van der Waals surface area contributed by atoms with Crippen LogP contribution in [0.25, 0.3) is 0 Å². The van der Waals surface area contributed by atoms with Crippen molar-refractivity contribution in [1.82, 2.24) is 9.62 Å². The molecule has 1 aliphatic rings. The summed E-state index contributed by atoms with van der Waals surface area (Å²) in [5, 5.41) is 1.86. The molecule has 0 atom stereocenters. The van der Waals surface area contributed by atoms with Gasteiger partial charge in [0.25, 0.3) is 10.0 Å². The number of hydrogen-bond acceptors (Lipinski definition) is 7. The lowest BCUT2D eigenvalue weighted by Crippen LogP contribution is -2.42. The SMILES string of the molecule is O=C(CN(c1ccc(Cl)c(C(F)(F)F)c1)S(=O)(=O)c1ccccc1)NCCOc1ccc(S(=O)(=O)N2CCOCC2)cc1. The van der Waals surface area contributed by atoms with Gasteiger partial charge < -0.3 is 14.8 Å². The van der Waals surface area contributed by atoms with Crippen molar-refractivity contribution >= 4 is 43.2 Å². The Morgan fingerprint density at radius 2 is 1.60 bits per heavy atom. The lowest BCUT2D eigenvalue weighted by Gasteiger charge is -2.26. The number of benzene rings is 3. The van der Waals surface area contributed by atoms with Crippen molar-refractivity contribution < 1.29 is 44.3 Å². The van der Waals surface area contributed by atoms with Crippen LogP contribution in [0.3, 0.4) is 0 Å². The zero-order chi connectivity index (χ0) is 31.3. The van der Waals surface area contributed by atoms with Crippen LogP contribution in [0.5, 0.6) is 5.75 Å². The Kier molecular flexibility index (Phi) is 10.2. The molecule has 0 spiro atoms. The summed E-state index contributed by atoms with van der Waals surface area (Å²) in [4.78, 5) is 12.6. The topological polar surface area (TPSA) is 122 Å². The van der Waals surface area contributed by atoms with E-state index in [1.54, 1.807) is 6.07 Å². The summed E-state index contributed by atoms with van der Waals surface area (Å²) in [5.74, 6) is -0.483. The first-order valence-corrected chi connectivity index (χ1v) is 16.1. The molecule has 1 saturated heterocycles. The summed E-state index contributed by atoms with van der Waals surface area (Å²) in [6.45, 7) is 0.168. The highest BCUT2D eigenvalue weighted by molar-refractivity contribution is 7.92. The van der Waals surface area contributed by atoms with Gasteiger partial charge in [-0.05, 0) is 54.6 Å². The Labute approximate surface area is 252 Å². The molecule has 0 radical (unpaired) electrons. The summed E-state index contributed by atoms with van der Waals surface area (Å²) in [6, 6.07) is 15.2. The van der Waals surface area contributed by atoms with Crippen molar-refractivity contribution in [3.05, 3.63) is 83.4 Å². The van der Waals surface area contributed by atoms with E-state index in [0.717, 1.165) is 12.1 Å². The van der Waals surface area contributed by atoms with Gasteiger partial charge in [0.15, 0.2) is 0 Å². The van der Waals surface area contributed by atoms with Crippen LogP contribution in [0.1, 0.15) is 5.56 Å². The van der Waals surface area contributed by atoms with E-state index in [1.165, 1.54) is 52.8 Å². The molecule has 232 valence electrons. The first-order chi connectivity index (χ1) is 20.3. The number of carbonyl (C=O) groups excluding carboxylic acids is 1. The molecule has 0 bridgehead atoms. The molecule has 0 saturated carbocycles. The largest absolute Gasteiger partial charge is 0.492 e. The quantitative estimate of drug-likeness (QED) is 0.311. The molecule has 16 heteroatoms. The number of amides is 1. The van der Waals surface area contributed by atoms with Gasteiger partial charge in [0, 0.05) is 13.1 Å². The van der Waals surface area contributed by atoms with Crippen LogP contribution in [0.2, 0.25) is 5.02 Å². The molecule has 1 N–H and O–H groups in total. The number of rotatable bonds is 11. The van der Waals surface area contributed by atoms with Gasteiger partial charge in [-0.25, -0.2) is 16.8 Å². The molecule has 1 heterocycles. The van der Waals surface area contributed by atoms with E-state index in [-0.39, 0.29) is 36.0 Å². The molecule has 10 nitrogen and oxygen atoms in total. The van der Waals surface area contributed by atoms with E-state index >= 15 is 0 Å². The predicted octanol–water partition coefficient (Wildman–Crippen LogP) is 3.77. The highest BCUT2D eigenvalue weighted by Gasteiger charge is 2.35. The third kappa shape index (κ3) is 7.97. The van der Waals surface area contributed by atoms with E-state index in [9.17, 15) is 34.8 Å². The molecule has 3 aromatic rings. The fraction of sp³-hybridized carbons (Fsp3) is 0.296. The number of carbonyl (C=O) groups is 1. The van der Waals surface area contributed by atoms with Gasteiger partial charge in [0.1, 0.15) is 18.9 Å². The molecule has 0 aliphatic carbocycles. The van der Waals surface area contributed by atoms with Crippen molar-refractivity contribution in [1.29, 1.82) is 0 Å². The zero-order valence-electron chi connectivity index (χ0n) is 22.5. The highest BCUT2D eigenvalue weighted by atomic mass is 35.5. The number of ether oxygens (including phenoxy) is 2. The van der Waals surface area contributed by atoms with E-state index in [0.29, 0.717) is 29.3 Å². The van der Waals surface area contributed by atoms with Crippen molar-refractivity contribution in [3.63, 3.8) is 0 Å². The van der Waals surface area contributed by atoms with Gasteiger partial charge in [-0.15, -0.1) is 0 Å². The zero-order valence-corrected chi connectivity index (χ0v) is 24.8. The first kappa shape index (κ1) is 32.5. The summed E-state index contributed by atoms with van der Waals surface area (Å²) in [5.41, 5.74) is -1.66. The van der Waals surface area contributed by atoms with E-state index in [1.807, 2.05) is 0 Å². The average Bonchev–Trinajstić information content (AvgIpc) is 2.99. The Bertz CT molecular complexity index is 1630. The summed E-state index contributed by atoms with van der Waals surface area (Å²) in [7, 11) is -8.13. The molecule has 4 rings (SSSR count). The van der Waals surface area contributed by atoms with Crippen molar-refractivity contribution in [2.24, 2.45) is 0 Å². The Morgan fingerprint density at radius 3 is 2.23 bits per heavy atom. The molecule has 1 aliphatic heterocycles. The standard InChI is InChI=1S/C27H27ClF3N3O7S2/c28-25-11-6-20(18-24(25)27(29,30)31)34(43(38,39)22-4-2-1-3-5-22)19-26(35)32-12-15-41-21-7-9-23(10-8-21)42(36,37)33-13-16-40-17-14-33/h1-11,18H,12-17,19H2,(H,32,35). The minimum atomic E-state index is -4.86. The molecule has 43 heavy (non-hydrogen) atoms. The monoisotopic (exact) mass is 661 g/mol. The van der Waals surface area contributed by atoms with Crippen LogP contribution in [0.4, 0.5) is 18.9 Å². The lowest BCUT2D eigenvalue weighted by atomic mass is 10.2. The van der Waals surface area contributed by atoms with E-state index in [4.69, 9.17) is 21.1 Å². The van der Waals surface area contributed by atoms with Crippen LogP contribution in [0, 0.1) is 0 Å². The summed E-state index contributed by atoms with van der Waals surface area (Å²) >= 11 is 5.71. The van der Waals surface area contributed by atoms with Crippen LogP contribution in [-0.2, 0) is 35.8 Å². The minimum Gasteiger partial charge on any atom is -0.492 e. The number of sulfonamides is 2. The fourth-order valence-electron chi connectivity index (χ4n) is 4.11. The van der Waals surface area contributed by atoms with Gasteiger partial charge >= 0.3 is 6.18 Å². The predicted molar refractivity (Wildman–Crippen MR) is 152 cm³/mol. The van der Waals surface area contributed by atoms with Crippen LogP contribution < -0.4 is 14.4 Å². The van der Waals surface area contributed by atoms with Gasteiger partial charge in [0.05, 0.1) is 45.8 Å². The Morgan fingerprint density at radius 1 is 0.953 bits per heavy atom. The number of nitrogens with one attached hydrogen (secondary N) is 1. The fourth-order valence-corrected chi connectivity index (χ4v) is 7.18. The second-order valence-electron chi connectivity index (χ2n) is 9.17. The van der Waals surface area contributed by atoms with Crippen LogP contribution in [0.15, 0.2) is 82.6 Å². The van der Waals surface area contributed by atoms with E-state index < -0.39 is 54.9 Å². The molecule has 0 aromatic heterocycles. The van der Waals surface area contributed by atoms with Crippen molar-refractivity contribution in [2.75, 3.05) is 50.3 Å². The Balaban J connectivity index is 1.41. The second-order valence-corrected chi connectivity index (χ2v) is 13.4. The third-order valence-electron chi connectivity index (χ3n) is 6.29. The molecule has 3 aromatic carbocycles. The maximum atomic E-state index is 13.5. The summed E-state index contributed by atoms with van der Waals surface area (Å²) in [6.07, 6.45) is -4.86. The normalized spacial score (nSPS) is 14.7. The van der Waals surface area contributed by atoms with Crippen molar-refractivity contribution in [2.45, 2.75) is 16.0 Å². The maximum Gasteiger partial charge on any atom is 0.417 e. The second kappa shape index (κ2) is 13.5. The molecule has 1 fully saturated rings. The molecule has 1 amide bonds. The highest BCUT2D eigenvalue weighted by Crippen LogP contribution is 2.38.